The molecule has 0 spiro atoms. The van der Waals surface area contributed by atoms with Crippen molar-refractivity contribution in [3.8, 4) is 0 Å². The first kappa shape index (κ1) is 25.4. The Morgan fingerprint density at radius 2 is 1.86 bits per heavy atom. The lowest BCUT2D eigenvalue weighted by Crippen LogP contribution is -2.41. The van der Waals surface area contributed by atoms with Gasteiger partial charge in [0.05, 0.1) is 40.2 Å². The van der Waals surface area contributed by atoms with E-state index in [1.807, 2.05) is 0 Å². The number of amides is 1. The Morgan fingerprint density at radius 3 is 2.43 bits per heavy atom. The first-order chi connectivity index (χ1) is 16.2. The second kappa shape index (κ2) is 8.73. The summed E-state index contributed by atoms with van der Waals surface area (Å²) in [4.78, 5) is 16.5. The molecule has 2 N–H and O–H groups in total. The predicted molar refractivity (Wildman–Crippen MR) is 123 cm³/mol. The number of nitrogens with one attached hydrogen (secondary N) is 2. The second-order valence-corrected chi connectivity index (χ2v) is 9.37. The van der Waals surface area contributed by atoms with E-state index in [0.29, 0.717) is 6.07 Å². The topological polar surface area (TPSA) is 88.1 Å². The van der Waals surface area contributed by atoms with Crippen molar-refractivity contribution in [3.63, 3.8) is 0 Å². The molecule has 14 heteroatoms. The molecule has 0 saturated carbocycles. The lowest BCUT2D eigenvalue weighted by Gasteiger charge is -2.32. The van der Waals surface area contributed by atoms with Gasteiger partial charge in [-0.25, -0.2) is 14.8 Å². The van der Waals surface area contributed by atoms with Crippen LogP contribution in [0.5, 0.6) is 0 Å². The van der Waals surface area contributed by atoms with E-state index in [1.165, 1.54) is 12.3 Å². The molecule has 0 aliphatic carbocycles. The van der Waals surface area contributed by atoms with Crippen LogP contribution in [0.3, 0.4) is 0 Å². The van der Waals surface area contributed by atoms with Gasteiger partial charge >= 0.3 is 13.3 Å². The van der Waals surface area contributed by atoms with Crippen molar-refractivity contribution in [3.05, 3.63) is 46.4 Å². The third-order valence-electron chi connectivity index (χ3n) is 6.00. The number of pyridine rings is 1. The number of hydrazone groups is 1. The van der Waals surface area contributed by atoms with Crippen LogP contribution < -0.4 is 21.3 Å². The minimum absolute atomic E-state index is 0.00533. The molecule has 186 valence electrons. The fourth-order valence-corrected chi connectivity index (χ4v) is 3.67. The van der Waals surface area contributed by atoms with Crippen molar-refractivity contribution in [1.82, 2.24) is 10.4 Å². The Balaban J connectivity index is 1.59. The zero-order valence-corrected chi connectivity index (χ0v) is 19.9. The summed E-state index contributed by atoms with van der Waals surface area (Å²) in [7, 11) is -1.05. The first-order valence-electron chi connectivity index (χ1n) is 10.5. The van der Waals surface area contributed by atoms with Crippen LogP contribution in [0, 0.1) is 5.82 Å². The number of nitrogens with zero attached hydrogens (tertiary/aromatic N) is 3. The number of carbonyl (C=O) groups is 1. The average molecular weight is 514 g/mol. The summed E-state index contributed by atoms with van der Waals surface area (Å²) in [5, 5.41) is 6.80. The molecule has 1 amide bonds. The summed E-state index contributed by atoms with van der Waals surface area (Å²) < 4.78 is 67.4. The SMILES string of the molecule is CC1(C)OB(c2cc(Cl)c(C(=O)Nc3cnc(N4N=CCN4)c(C(F)(F)F)c3)cc2F)OC1(C)C. The number of hydrogen-bond donors (Lipinski definition) is 2. The van der Waals surface area contributed by atoms with Gasteiger partial charge < -0.3 is 14.6 Å². The molecule has 35 heavy (non-hydrogen) atoms. The quantitative estimate of drug-likeness (QED) is 0.478. The molecule has 8 nitrogen and oxygen atoms in total. The van der Waals surface area contributed by atoms with Gasteiger partial charge in [-0.15, -0.1) is 0 Å². The molecule has 1 aromatic carbocycles. The van der Waals surface area contributed by atoms with Crippen LogP contribution in [0.2, 0.25) is 5.02 Å². The van der Waals surface area contributed by atoms with Crippen molar-refractivity contribution in [2.45, 2.75) is 45.1 Å². The normalized spacial score (nSPS) is 18.9. The standard InChI is InChI=1S/C21H21BClF4N5O3/c1-19(2)20(3,4)35-22(34-19)14-9-15(23)12(8-16(14)24)18(33)31-11-7-13(21(25,26)27)17(28-10-11)32-29-5-6-30-32/h5,7-10,30H,6H2,1-4H3,(H,31,33). The van der Waals surface area contributed by atoms with Gasteiger partial charge in [0.2, 0.25) is 0 Å². The smallest absolute Gasteiger partial charge is 0.399 e. The average Bonchev–Trinajstić information content (AvgIpc) is 3.34. The second-order valence-electron chi connectivity index (χ2n) is 8.96. The van der Waals surface area contributed by atoms with E-state index >= 15 is 0 Å². The highest BCUT2D eigenvalue weighted by Crippen LogP contribution is 2.38. The summed E-state index contributed by atoms with van der Waals surface area (Å²) in [5.41, 5.74) is -0.526. The fraction of sp³-hybridized carbons (Fsp3) is 0.381. The minimum Gasteiger partial charge on any atom is -0.399 e. The predicted octanol–water partition coefficient (Wildman–Crippen LogP) is 3.75. The molecule has 1 fully saturated rings. The minimum atomic E-state index is -4.78. The number of anilines is 2. The molecule has 4 rings (SSSR count). The lowest BCUT2D eigenvalue weighted by molar-refractivity contribution is -0.137. The van der Waals surface area contributed by atoms with E-state index in [1.54, 1.807) is 27.7 Å². The first-order valence-corrected chi connectivity index (χ1v) is 10.9. The molecule has 0 unspecified atom stereocenters. The highest BCUT2D eigenvalue weighted by molar-refractivity contribution is 6.62. The number of aromatic nitrogens is 1. The number of rotatable bonds is 4. The maximum absolute atomic E-state index is 14.9. The molecule has 1 saturated heterocycles. The molecule has 0 bridgehead atoms. The molecular formula is C21H21BClF4N5O3. The van der Waals surface area contributed by atoms with Gasteiger partial charge in [0.25, 0.3) is 5.91 Å². The third kappa shape index (κ3) is 4.85. The van der Waals surface area contributed by atoms with Crippen molar-refractivity contribution in [2.75, 3.05) is 17.0 Å². The van der Waals surface area contributed by atoms with Crippen LogP contribution in [0.25, 0.3) is 0 Å². The summed E-state index contributed by atoms with van der Waals surface area (Å²) in [5.74, 6) is -2.23. The molecule has 2 aliphatic heterocycles. The number of carbonyl (C=O) groups excluding carboxylic acids is 1. The van der Waals surface area contributed by atoms with Crippen molar-refractivity contribution in [2.24, 2.45) is 5.10 Å². The summed E-state index contributed by atoms with van der Waals surface area (Å²) in [6.45, 7) is 7.44. The van der Waals surface area contributed by atoms with E-state index in [9.17, 15) is 22.4 Å². The van der Waals surface area contributed by atoms with E-state index in [-0.39, 0.29) is 28.3 Å². The Morgan fingerprint density at radius 1 is 1.20 bits per heavy atom. The fourth-order valence-electron chi connectivity index (χ4n) is 3.41. The third-order valence-corrected chi connectivity index (χ3v) is 6.31. The molecule has 0 atom stereocenters. The number of hydrogen-bond acceptors (Lipinski definition) is 7. The number of alkyl halides is 3. The highest BCUT2D eigenvalue weighted by atomic mass is 35.5. The summed E-state index contributed by atoms with van der Waals surface area (Å²) in [6.07, 6.45) is -2.38. The van der Waals surface area contributed by atoms with Crippen molar-refractivity contribution in [1.29, 1.82) is 0 Å². The van der Waals surface area contributed by atoms with Crippen LogP contribution in [-0.2, 0) is 15.5 Å². The molecule has 3 heterocycles. The number of halogens is 5. The Labute approximate surface area is 203 Å². The van der Waals surface area contributed by atoms with E-state index in [0.717, 1.165) is 17.4 Å². The summed E-state index contributed by atoms with van der Waals surface area (Å²) >= 11 is 6.23. The van der Waals surface area contributed by atoms with Gasteiger partial charge in [0, 0.05) is 11.7 Å². The summed E-state index contributed by atoms with van der Waals surface area (Å²) in [6, 6.07) is 2.79. The molecule has 0 radical (unpaired) electrons. The van der Waals surface area contributed by atoms with Gasteiger partial charge in [-0.1, -0.05) is 11.6 Å². The van der Waals surface area contributed by atoms with Gasteiger partial charge in [-0.2, -0.15) is 23.4 Å². The van der Waals surface area contributed by atoms with Gasteiger partial charge in [0.1, 0.15) is 11.4 Å². The van der Waals surface area contributed by atoms with Gasteiger partial charge in [-0.05, 0) is 45.9 Å². The van der Waals surface area contributed by atoms with E-state index < -0.39 is 47.6 Å². The van der Waals surface area contributed by atoms with Gasteiger partial charge in [-0.3, -0.25) is 4.79 Å². The lowest BCUT2D eigenvalue weighted by atomic mass is 9.78. The molecule has 2 aliphatic rings. The van der Waals surface area contributed by atoms with Crippen LogP contribution in [-0.4, -0.2) is 42.0 Å². The molecule has 2 aromatic rings. The molecule has 1 aromatic heterocycles. The zero-order valence-electron chi connectivity index (χ0n) is 19.1. The largest absolute Gasteiger partial charge is 0.497 e. The maximum atomic E-state index is 14.9. The number of hydrazine groups is 1. The van der Waals surface area contributed by atoms with Gasteiger partial charge in [0.15, 0.2) is 5.82 Å². The molecular weight excluding hydrogens is 493 g/mol. The van der Waals surface area contributed by atoms with E-state index in [4.69, 9.17) is 20.9 Å². The number of benzene rings is 1. The van der Waals surface area contributed by atoms with Crippen LogP contribution in [0.15, 0.2) is 29.5 Å². The monoisotopic (exact) mass is 513 g/mol. The van der Waals surface area contributed by atoms with Crippen LogP contribution in [0.4, 0.5) is 29.1 Å². The van der Waals surface area contributed by atoms with Crippen molar-refractivity contribution >= 4 is 47.8 Å². The van der Waals surface area contributed by atoms with Crippen molar-refractivity contribution < 1.29 is 31.7 Å². The highest BCUT2D eigenvalue weighted by Gasteiger charge is 2.52. The zero-order chi connectivity index (χ0) is 25.8. The Bertz CT molecular complexity index is 1190. The maximum Gasteiger partial charge on any atom is 0.497 e. The van der Waals surface area contributed by atoms with E-state index in [2.05, 4.69) is 20.8 Å². The van der Waals surface area contributed by atoms with Crippen LogP contribution >= 0.6 is 11.6 Å². The Hall–Kier alpha value is -2.74. The van der Waals surface area contributed by atoms with Crippen LogP contribution in [0.1, 0.15) is 43.6 Å². The Kier molecular flexibility index (Phi) is 6.33.